The number of carbonyl (C=O) groups is 1. The van der Waals surface area contributed by atoms with Crippen molar-refractivity contribution in [3.63, 3.8) is 0 Å². The fraction of sp³-hybridized carbons (Fsp3) is 0.200. The van der Waals surface area contributed by atoms with Crippen molar-refractivity contribution in [3.05, 3.63) is 29.8 Å². The number of rotatable bonds is 5. The zero-order valence-electron chi connectivity index (χ0n) is 8.63. The standard InChI is InChI=1S/C10H11ClN2O3/c1-16-9-4-2-8(3-5-9)7-13(11)12-6-10(14)15/h2-6H,7H2,1H3,(H,14,15)/b12-6-. The summed E-state index contributed by atoms with van der Waals surface area (Å²) in [6.07, 6.45) is 0.733. The monoisotopic (exact) mass is 242 g/mol. The number of carboxylic acids is 1. The lowest BCUT2D eigenvalue weighted by Gasteiger charge is -2.09. The summed E-state index contributed by atoms with van der Waals surface area (Å²) in [7, 11) is 1.58. The highest BCUT2D eigenvalue weighted by Gasteiger charge is 2.00. The van der Waals surface area contributed by atoms with Gasteiger partial charge in [-0.05, 0) is 17.7 Å². The molecule has 0 bridgehead atoms. The van der Waals surface area contributed by atoms with E-state index in [0.717, 1.165) is 22.1 Å². The first-order valence-electron chi connectivity index (χ1n) is 4.45. The number of carboxylic acid groups (broad SMARTS) is 1. The number of methoxy groups -OCH3 is 1. The van der Waals surface area contributed by atoms with E-state index in [0.29, 0.717) is 6.54 Å². The van der Waals surface area contributed by atoms with Crippen LogP contribution in [0.2, 0.25) is 0 Å². The van der Waals surface area contributed by atoms with E-state index in [1.807, 2.05) is 12.1 Å². The second-order valence-corrected chi connectivity index (χ2v) is 3.32. The fourth-order valence-corrected chi connectivity index (χ4v) is 1.22. The van der Waals surface area contributed by atoms with Crippen LogP contribution in [0, 0.1) is 0 Å². The summed E-state index contributed by atoms with van der Waals surface area (Å²) in [5, 5.41) is 11.9. The molecule has 0 radical (unpaired) electrons. The summed E-state index contributed by atoms with van der Waals surface area (Å²) in [5.74, 6) is -0.390. The molecule has 0 aliphatic rings. The molecule has 0 heterocycles. The van der Waals surface area contributed by atoms with Crippen molar-refractivity contribution in [2.75, 3.05) is 7.11 Å². The van der Waals surface area contributed by atoms with Gasteiger partial charge in [0.05, 0.1) is 13.7 Å². The van der Waals surface area contributed by atoms with Crippen LogP contribution in [0.3, 0.4) is 0 Å². The summed E-state index contributed by atoms with van der Waals surface area (Å²) >= 11 is 5.67. The van der Waals surface area contributed by atoms with Gasteiger partial charge in [-0.1, -0.05) is 12.1 Å². The van der Waals surface area contributed by atoms with Gasteiger partial charge in [-0.2, -0.15) is 5.10 Å². The molecule has 1 aromatic carbocycles. The van der Waals surface area contributed by atoms with Gasteiger partial charge in [0.2, 0.25) is 0 Å². The molecule has 0 amide bonds. The van der Waals surface area contributed by atoms with Gasteiger partial charge in [0, 0.05) is 11.8 Å². The van der Waals surface area contributed by atoms with Crippen LogP contribution < -0.4 is 4.74 Å². The molecule has 0 saturated heterocycles. The predicted octanol–water partition coefficient (Wildman–Crippen LogP) is 1.72. The molecule has 0 aromatic heterocycles. The highest BCUT2D eigenvalue weighted by molar-refractivity contribution is 6.22. The maximum Gasteiger partial charge on any atom is 0.348 e. The first kappa shape index (κ1) is 12.3. The largest absolute Gasteiger partial charge is 0.497 e. The highest BCUT2D eigenvalue weighted by atomic mass is 35.5. The zero-order chi connectivity index (χ0) is 12.0. The van der Waals surface area contributed by atoms with E-state index < -0.39 is 5.97 Å². The number of aliphatic carboxylic acids is 1. The van der Waals surface area contributed by atoms with Crippen LogP contribution in [0.25, 0.3) is 0 Å². The van der Waals surface area contributed by atoms with Crippen LogP contribution in [0.5, 0.6) is 5.75 Å². The molecule has 0 saturated carbocycles. The van der Waals surface area contributed by atoms with Crippen molar-refractivity contribution >= 4 is 24.0 Å². The van der Waals surface area contributed by atoms with Gasteiger partial charge in [0.1, 0.15) is 12.0 Å². The van der Waals surface area contributed by atoms with Gasteiger partial charge in [0.25, 0.3) is 0 Å². The Balaban J connectivity index is 2.55. The zero-order valence-corrected chi connectivity index (χ0v) is 9.39. The number of hydrogen-bond acceptors (Lipinski definition) is 4. The number of halogens is 1. The minimum absolute atomic E-state index is 0.315. The van der Waals surface area contributed by atoms with E-state index in [2.05, 4.69) is 5.10 Å². The van der Waals surface area contributed by atoms with E-state index in [1.54, 1.807) is 19.2 Å². The average Bonchev–Trinajstić information content (AvgIpc) is 2.27. The molecule has 5 nitrogen and oxygen atoms in total. The molecule has 6 heteroatoms. The van der Waals surface area contributed by atoms with E-state index in [-0.39, 0.29) is 0 Å². The molecule has 1 aromatic rings. The van der Waals surface area contributed by atoms with Gasteiger partial charge >= 0.3 is 5.97 Å². The first-order valence-corrected chi connectivity index (χ1v) is 4.79. The average molecular weight is 243 g/mol. The lowest BCUT2D eigenvalue weighted by atomic mass is 10.2. The topological polar surface area (TPSA) is 62.1 Å². The van der Waals surface area contributed by atoms with Gasteiger partial charge in [-0.15, -0.1) is 0 Å². The van der Waals surface area contributed by atoms with Crippen LogP contribution in [0.4, 0.5) is 0 Å². The molecule has 0 fully saturated rings. The molecule has 0 unspecified atom stereocenters. The molecule has 1 rings (SSSR count). The Morgan fingerprint density at radius 2 is 2.19 bits per heavy atom. The number of ether oxygens (including phenoxy) is 1. The Labute approximate surface area is 98.0 Å². The van der Waals surface area contributed by atoms with Crippen LogP contribution >= 0.6 is 11.8 Å². The molecule has 86 valence electrons. The van der Waals surface area contributed by atoms with Crippen molar-refractivity contribution < 1.29 is 14.6 Å². The molecule has 0 aliphatic carbocycles. The summed E-state index contributed by atoms with van der Waals surface area (Å²) < 4.78 is 6.02. The van der Waals surface area contributed by atoms with Crippen molar-refractivity contribution in [2.45, 2.75) is 6.54 Å². The Kier molecular flexibility index (Phi) is 4.60. The summed E-state index contributed by atoms with van der Waals surface area (Å²) in [5.41, 5.74) is 0.901. The molecule has 1 N–H and O–H groups in total. The SMILES string of the molecule is COc1ccc(CN(Cl)/N=C\C(=O)O)cc1. The summed E-state index contributed by atoms with van der Waals surface area (Å²) in [6, 6.07) is 7.23. The second kappa shape index (κ2) is 5.97. The second-order valence-electron chi connectivity index (χ2n) is 2.93. The minimum atomic E-state index is -1.14. The highest BCUT2D eigenvalue weighted by Crippen LogP contribution is 2.13. The lowest BCUT2D eigenvalue weighted by Crippen LogP contribution is -2.07. The first-order chi connectivity index (χ1) is 7.61. The number of nitrogens with zero attached hydrogens (tertiary/aromatic N) is 2. The van der Waals surface area contributed by atoms with E-state index in [1.165, 1.54) is 0 Å². The van der Waals surface area contributed by atoms with Crippen LogP contribution in [0.1, 0.15) is 5.56 Å². The number of hydrazone groups is 1. The van der Waals surface area contributed by atoms with Gasteiger partial charge < -0.3 is 9.84 Å². The Morgan fingerprint density at radius 1 is 1.56 bits per heavy atom. The molecule has 0 spiro atoms. The maximum atomic E-state index is 10.2. The Morgan fingerprint density at radius 3 is 2.69 bits per heavy atom. The third kappa shape index (κ3) is 4.18. The van der Waals surface area contributed by atoms with Crippen molar-refractivity contribution in [3.8, 4) is 5.75 Å². The van der Waals surface area contributed by atoms with Crippen molar-refractivity contribution in [1.29, 1.82) is 0 Å². The van der Waals surface area contributed by atoms with Gasteiger partial charge in [-0.25, -0.2) is 9.32 Å². The van der Waals surface area contributed by atoms with E-state index in [9.17, 15) is 4.79 Å². The summed E-state index contributed by atoms with van der Waals surface area (Å²) in [6.45, 7) is 0.315. The predicted molar refractivity (Wildman–Crippen MR) is 60.5 cm³/mol. The summed E-state index contributed by atoms with van der Waals surface area (Å²) in [4.78, 5) is 10.2. The molecule has 0 atom stereocenters. The van der Waals surface area contributed by atoms with Crippen LogP contribution in [0.15, 0.2) is 29.4 Å². The smallest absolute Gasteiger partial charge is 0.348 e. The molecular weight excluding hydrogens is 232 g/mol. The Hall–Kier alpha value is -1.75. The Bertz CT molecular complexity index is 378. The third-order valence-electron chi connectivity index (χ3n) is 1.77. The van der Waals surface area contributed by atoms with E-state index in [4.69, 9.17) is 21.6 Å². The minimum Gasteiger partial charge on any atom is -0.497 e. The van der Waals surface area contributed by atoms with E-state index >= 15 is 0 Å². The lowest BCUT2D eigenvalue weighted by molar-refractivity contribution is -0.128. The van der Waals surface area contributed by atoms with Crippen molar-refractivity contribution in [1.82, 2.24) is 4.53 Å². The molecule has 0 aliphatic heterocycles. The maximum absolute atomic E-state index is 10.2. The third-order valence-corrected chi connectivity index (χ3v) is 1.97. The van der Waals surface area contributed by atoms with Crippen molar-refractivity contribution in [2.24, 2.45) is 5.10 Å². The quantitative estimate of drug-likeness (QED) is 0.485. The molecule has 16 heavy (non-hydrogen) atoms. The molecular formula is C10H11ClN2O3. The normalized spacial score (nSPS) is 10.4. The fourth-order valence-electron chi connectivity index (χ4n) is 1.03. The number of hydrogen-bond donors (Lipinski definition) is 1. The van der Waals surface area contributed by atoms with Gasteiger partial charge in [-0.3, -0.25) is 0 Å². The van der Waals surface area contributed by atoms with Crippen LogP contribution in [-0.2, 0) is 11.3 Å². The van der Waals surface area contributed by atoms with Crippen LogP contribution in [-0.4, -0.2) is 28.9 Å². The number of benzene rings is 1. The van der Waals surface area contributed by atoms with Gasteiger partial charge in [0.15, 0.2) is 0 Å².